The molecule has 3 heterocycles. The molecule has 0 radical (unpaired) electrons. The lowest BCUT2D eigenvalue weighted by Gasteiger charge is -2.46. The van der Waals surface area contributed by atoms with E-state index in [1.807, 2.05) is 19.1 Å². The number of carbonyl (C=O) groups excluding carboxylic acids is 1. The Morgan fingerprint density at radius 1 is 1.17 bits per heavy atom. The number of para-hydroxylation sites is 1. The Morgan fingerprint density at radius 3 is 2.69 bits per heavy atom. The first kappa shape index (κ1) is 18.7. The molecule has 5 heteroatoms. The highest BCUT2D eigenvalue weighted by Crippen LogP contribution is 2.46. The number of hydrogen-bond donors (Lipinski definition) is 1. The summed E-state index contributed by atoms with van der Waals surface area (Å²) in [7, 11) is 0. The summed E-state index contributed by atoms with van der Waals surface area (Å²) in [5.41, 5.74) is 1.03. The summed E-state index contributed by atoms with van der Waals surface area (Å²) in [5.74, 6) is 3.39. The van der Waals surface area contributed by atoms with Crippen molar-refractivity contribution in [3.63, 3.8) is 0 Å². The zero-order valence-corrected chi connectivity index (χ0v) is 17.2. The zero-order chi connectivity index (χ0) is 19.8. The second kappa shape index (κ2) is 7.52. The molecule has 1 aliphatic carbocycles. The van der Waals surface area contributed by atoms with E-state index in [2.05, 4.69) is 34.5 Å². The van der Waals surface area contributed by atoms with Gasteiger partial charge < -0.3 is 14.5 Å². The van der Waals surface area contributed by atoms with Crippen molar-refractivity contribution in [1.82, 2.24) is 10.2 Å². The quantitative estimate of drug-likeness (QED) is 0.827. The van der Waals surface area contributed by atoms with Crippen molar-refractivity contribution in [2.24, 2.45) is 0 Å². The number of likely N-dealkylation sites (tertiary alicyclic amines) is 1. The molecule has 29 heavy (non-hydrogen) atoms. The molecule has 3 aliphatic rings. The molecule has 5 nitrogen and oxygen atoms in total. The highest BCUT2D eigenvalue weighted by molar-refractivity contribution is 5.77. The SMILES string of the molecule is Cc1ccc(CN2CCC3(CC2)C[C@@H](CC(=O)NC2CC2)c2ccccc2O3)o1. The lowest BCUT2D eigenvalue weighted by atomic mass is 9.76. The molecule has 154 valence electrons. The first-order chi connectivity index (χ1) is 14.1. The Bertz CT molecular complexity index is 878. The summed E-state index contributed by atoms with van der Waals surface area (Å²) in [6.07, 6.45) is 5.73. The van der Waals surface area contributed by atoms with Crippen LogP contribution in [0.2, 0.25) is 0 Å². The van der Waals surface area contributed by atoms with E-state index in [0.717, 1.165) is 69.0 Å². The fourth-order valence-corrected chi connectivity index (χ4v) is 4.88. The topological polar surface area (TPSA) is 54.7 Å². The van der Waals surface area contributed by atoms with Crippen LogP contribution in [0.25, 0.3) is 0 Å². The van der Waals surface area contributed by atoms with E-state index in [0.29, 0.717) is 12.5 Å². The number of benzene rings is 1. The van der Waals surface area contributed by atoms with Crippen LogP contribution in [0, 0.1) is 6.92 Å². The van der Waals surface area contributed by atoms with Crippen LogP contribution in [0.15, 0.2) is 40.8 Å². The van der Waals surface area contributed by atoms with Crippen molar-refractivity contribution < 1.29 is 13.9 Å². The molecular formula is C24H30N2O3. The Balaban J connectivity index is 1.27. The summed E-state index contributed by atoms with van der Waals surface area (Å²) < 4.78 is 12.3. The third-order valence-electron chi connectivity index (χ3n) is 6.62. The number of hydrogen-bond acceptors (Lipinski definition) is 4. The van der Waals surface area contributed by atoms with Gasteiger partial charge in [-0.05, 0) is 62.8 Å². The Morgan fingerprint density at radius 2 is 1.97 bits per heavy atom. The number of amides is 1. The van der Waals surface area contributed by atoms with Crippen molar-refractivity contribution in [1.29, 1.82) is 0 Å². The smallest absolute Gasteiger partial charge is 0.220 e. The molecule has 0 unspecified atom stereocenters. The number of nitrogens with one attached hydrogen (secondary N) is 1. The summed E-state index contributed by atoms with van der Waals surface area (Å²) in [4.78, 5) is 15.0. The predicted octanol–water partition coefficient (Wildman–Crippen LogP) is 4.16. The van der Waals surface area contributed by atoms with E-state index in [-0.39, 0.29) is 17.4 Å². The van der Waals surface area contributed by atoms with E-state index in [1.165, 1.54) is 5.56 Å². The molecule has 1 spiro atoms. The summed E-state index contributed by atoms with van der Waals surface area (Å²) in [5, 5.41) is 3.16. The second-order valence-corrected chi connectivity index (χ2v) is 9.06. The molecule has 1 aromatic carbocycles. The number of fused-ring (bicyclic) bond motifs is 1. The fourth-order valence-electron chi connectivity index (χ4n) is 4.88. The summed E-state index contributed by atoms with van der Waals surface area (Å²) in [6.45, 7) is 4.82. The van der Waals surface area contributed by atoms with Crippen molar-refractivity contribution in [2.75, 3.05) is 13.1 Å². The molecule has 2 aromatic rings. The maximum Gasteiger partial charge on any atom is 0.220 e. The summed E-state index contributed by atoms with van der Waals surface area (Å²) >= 11 is 0. The van der Waals surface area contributed by atoms with E-state index >= 15 is 0 Å². The molecule has 1 N–H and O–H groups in total. The van der Waals surface area contributed by atoms with Crippen LogP contribution >= 0.6 is 0 Å². The minimum atomic E-state index is -0.158. The number of carbonyl (C=O) groups is 1. The van der Waals surface area contributed by atoms with Gasteiger partial charge in [-0.25, -0.2) is 0 Å². The minimum Gasteiger partial charge on any atom is -0.487 e. The van der Waals surface area contributed by atoms with Gasteiger partial charge in [-0.1, -0.05) is 18.2 Å². The average molecular weight is 395 g/mol. The third kappa shape index (κ3) is 4.20. The van der Waals surface area contributed by atoms with Gasteiger partial charge >= 0.3 is 0 Å². The number of ether oxygens (including phenoxy) is 1. The highest BCUT2D eigenvalue weighted by Gasteiger charge is 2.43. The monoisotopic (exact) mass is 394 g/mol. The second-order valence-electron chi connectivity index (χ2n) is 9.06. The fraction of sp³-hybridized carbons (Fsp3) is 0.542. The van der Waals surface area contributed by atoms with Crippen molar-refractivity contribution in [2.45, 2.75) is 69.6 Å². The number of rotatable bonds is 5. The molecule has 5 rings (SSSR count). The Kier molecular flexibility index (Phi) is 4.86. The van der Waals surface area contributed by atoms with Gasteiger partial charge in [-0.3, -0.25) is 9.69 Å². The van der Waals surface area contributed by atoms with E-state index in [1.54, 1.807) is 0 Å². The number of nitrogens with zero attached hydrogens (tertiary/aromatic N) is 1. The first-order valence-electron chi connectivity index (χ1n) is 10.9. The minimum absolute atomic E-state index is 0.158. The molecule has 0 bridgehead atoms. The number of piperidine rings is 1. The third-order valence-corrected chi connectivity index (χ3v) is 6.62. The molecule has 1 atom stereocenters. The molecule has 1 aromatic heterocycles. The number of furan rings is 1. The number of aryl methyl sites for hydroxylation is 1. The van der Waals surface area contributed by atoms with E-state index in [9.17, 15) is 4.79 Å². The largest absolute Gasteiger partial charge is 0.487 e. The molecule has 2 fully saturated rings. The molecule has 1 saturated heterocycles. The molecule has 1 amide bonds. The van der Waals surface area contributed by atoms with Crippen LogP contribution in [0.3, 0.4) is 0 Å². The predicted molar refractivity (Wildman–Crippen MR) is 111 cm³/mol. The first-order valence-corrected chi connectivity index (χ1v) is 10.9. The van der Waals surface area contributed by atoms with Crippen LogP contribution in [0.4, 0.5) is 0 Å². The van der Waals surface area contributed by atoms with Crippen molar-refractivity contribution in [3.8, 4) is 5.75 Å². The summed E-state index contributed by atoms with van der Waals surface area (Å²) in [6, 6.07) is 12.8. The van der Waals surface area contributed by atoms with Crippen LogP contribution in [-0.4, -0.2) is 35.5 Å². The maximum absolute atomic E-state index is 12.5. The van der Waals surface area contributed by atoms with Gasteiger partial charge in [0.15, 0.2) is 0 Å². The molecule has 1 saturated carbocycles. The lowest BCUT2D eigenvalue weighted by molar-refractivity contribution is -0.122. The van der Waals surface area contributed by atoms with Gasteiger partial charge in [0.2, 0.25) is 5.91 Å². The molecule has 2 aliphatic heterocycles. The zero-order valence-electron chi connectivity index (χ0n) is 17.2. The van der Waals surface area contributed by atoms with Crippen molar-refractivity contribution >= 4 is 5.91 Å². The maximum atomic E-state index is 12.5. The highest BCUT2D eigenvalue weighted by atomic mass is 16.5. The van der Waals surface area contributed by atoms with Crippen molar-refractivity contribution in [3.05, 3.63) is 53.5 Å². The van der Waals surface area contributed by atoms with Gasteiger partial charge in [0.1, 0.15) is 22.9 Å². The van der Waals surface area contributed by atoms with Gasteiger partial charge in [-0.15, -0.1) is 0 Å². The van der Waals surface area contributed by atoms with Crippen LogP contribution in [-0.2, 0) is 11.3 Å². The van der Waals surface area contributed by atoms with Crippen LogP contribution < -0.4 is 10.1 Å². The van der Waals surface area contributed by atoms with Gasteiger partial charge in [0.25, 0.3) is 0 Å². The average Bonchev–Trinajstić information content (AvgIpc) is 3.42. The van der Waals surface area contributed by atoms with Gasteiger partial charge in [-0.2, -0.15) is 0 Å². The van der Waals surface area contributed by atoms with Crippen LogP contribution in [0.1, 0.15) is 61.5 Å². The van der Waals surface area contributed by atoms with Crippen LogP contribution in [0.5, 0.6) is 5.75 Å². The molecular weight excluding hydrogens is 364 g/mol. The Labute approximate surface area is 172 Å². The normalized spacial score (nSPS) is 23.4. The standard InChI is InChI=1S/C24H30N2O3/c1-17-6-9-20(28-17)16-26-12-10-24(11-13-26)15-18(14-23(27)25-19-7-8-19)21-4-2-3-5-22(21)29-24/h2-6,9,18-19H,7-8,10-16H2,1H3,(H,25,27)/t18-/m1/s1. The van der Waals surface area contributed by atoms with Gasteiger partial charge in [0, 0.05) is 31.5 Å². The van der Waals surface area contributed by atoms with E-state index in [4.69, 9.17) is 9.15 Å². The Hall–Kier alpha value is -2.27. The van der Waals surface area contributed by atoms with Gasteiger partial charge in [0.05, 0.1) is 6.54 Å². The lowest BCUT2D eigenvalue weighted by Crippen LogP contribution is -2.50. The van der Waals surface area contributed by atoms with E-state index < -0.39 is 0 Å².